The standard InChI is InChI=1S/C19H18ClF2N5O.C15H12ClF2N5O/c1-28-11-6-12(21)15(13(22)7-11)16-17(20)26-19-23-8-24-27(19)18(16)25-14-5-9-2-3-10(14)4-9;1-24-8-4-9(17)11(10(18)5-8)12-13(16)22-15-19-6-20-23(15)14(12)21-7-2-3-7/h6-10,14,25H,2-5H2,1H3;4-7,21H,2-3H2,1H3. The molecule has 0 saturated heterocycles. The summed E-state index contributed by atoms with van der Waals surface area (Å²) >= 11 is 12.6. The van der Waals surface area contributed by atoms with Crippen LogP contribution in [0.25, 0.3) is 33.8 Å². The van der Waals surface area contributed by atoms with Crippen LogP contribution in [0.2, 0.25) is 10.3 Å². The van der Waals surface area contributed by atoms with Gasteiger partial charge in [-0.25, -0.2) is 17.6 Å². The van der Waals surface area contributed by atoms with E-state index in [9.17, 15) is 17.6 Å². The third-order valence-corrected chi connectivity index (χ3v) is 10.3. The first kappa shape index (κ1) is 34.1. The van der Waals surface area contributed by atoms with Crippen LogP contribution in [0.5, 0.6) is 11.5 Å². The van der Waals surface area contributed by atoms with Gasteiger partial charge in [0.1, 0.15) is 69.4 Å². The molecule has 2 N–H and O–H groups in total. The fraction of sp³-hybridized carbons (Fsp3) is 0.353. The summed E-state index contributed by atoms with van der Waals surface area (Å²) in [5, 5.41) is 14.9. The quantitative estimate of drug-likeness (QED) is 0.118. The summed E-state index contributed by atoms with van der Waals surface area (Å²) in [6.45, 7) is 0. The van der Waals surface area contributed by atoms with Gasteiger partial charge in [0.05, 0.1) is 36.5 Å². The molecule has 3 unspecified atom stereocenters. The molecule has 3 atom stereocenters. The highest BCUT2D eigenvalue weighted by molar-refractivity contribution is 6.33. The summed E-state index contributed by atoms with van der Waals surface area (Å²) in [5.74, 6) is -0.452. The SMILES string of the molecule is COc1cc(F)c(-c2c(Cl)nc3ncnn3c2NC2CC2)c(F)c1.COc1cc(F)c(-c2c(Cl)nc3ncnn3c2NC2CC3CCC2C3)c(F)c1. The maximum Gasteiger partial charge on any atom is 0.255 e. The van der Waals surface area contributed by atoms with Crippen LogP contribution in [-0.2, 0) is 0 Å². The lowest BCUT2D eigenvalue weighted by atomic mass is 9.95. The largest absolute Gasteiger partial charge is 0.497 e. The van der Waals surface area contributed by atoms with Gasteiger partial charge in [0.25, 0.3) is 11.6 Å². The Morgan fingerprint density at radius 1 is 0.654 bits per heavy atom. The van der Waals surface area contributed by atoms with Crippen LogP contribution in [-0.4, -0.2) is 65.5 Å². The van der Waals surface area contributed by atoms with Crippen molar-refractivity contribution < 1.29 is 27.0 Å². The van der Waals surface area contributed by atoms with Gasteiger partial charge < -0.3 is 20.1 Å². The number of halogens is 6. The molecule has 4 aromatic heterocycles. The Morgan fingerprint density at radius 3 is 1.54 bits per heavy atom. The minimum atomic E-state index is -0.797. The molecule has 270 valence electrons. The van der Waals surface area contributed by atoms with Crippen molar-refractivity contribution in [3.05, 3.63) is 70.5 Å². The van der Waals surface area contributed by atoms with E-state index in [0.29, 0.717) is 23.5 Å². The molecule has 0 aliphatic heterocycles. The van der Waals surface area contributed by atoms with Gasteiger partial charge in [-0.05, 0) is 43.9 Å². The van der Waals surface area contributed by atoms with Crippen LogP contribution in [0, 0.1) is 35.1 Å². The molecule has 2 aromatic carbocycles. The molecule has 3 fully saturated rings. The Hall–Kier alpha value is -4.96. The molecule has 3 aliphatic rings. The lowest BCUT2D eigenvalue weighted by molar-refractivity contribution is 0.407. The Labute approximate surface area is 303 Å². The summed E-state index contributed by atoms with van der Waals surface area (Å²) in [7, 11) is 2.69. The van der Waals surface area contributed by atoms with Crippen molar-refractivity contribution in [3.63, 3.8) is 0 Å². The van der Waals surface area contributed by atoms with E-state index in [1.807, 2.05) is 0 Å². The van der Waals surface area contributed by atoms with Gasteiger partial charge in [-0.3, -0.25) is 0 Å². The first-order chi connectivity index (χ1) is 25.1. The minimum Gasteiger partial charge on any atom is -0.497 e. The molecule has 0 amide bonds. The number of nitrogens with zero attached hydrogens (tertiary/aromatic N) is 8. The number of methoxy groups -OCH3 is 2. The van der Waals surface area contributed by atoms with Crippen molar-refractivity contribution in [1.82, 2.24) is 39.2 Å². The summed E-state index contributed by atoms with van der Waals surface area (Å²) in [4.78, 5) is 16.3. The number of rotatable bonds is 8. The van der Waals surface area contributed by atoms with Gasteiger partial charge in [0.15, 0.2) is 0 Å². The van der Waals surface area contributed by atoms with E-state index in [2.05, 4.69) is 40.8 Å². The number of hydrogen-bond acceptors (Lipinski definition) is 10. The normalized spacial score (nSPS) is 19.2. The summed E-state index contributed by atoms with van der Waals surface area (Å²) in [6, 6.07) is 4.86. The van der Waals surface area contributed by atoms with Crippen molar-refractivity contribution in [2.45, 2.75) is 50.6 Å². The van der Waals surface area contributed by atoms with Gasteiger partial charge in [-0.2, -0.15) is 39.2 Å². The van der Waals surface area contributed by atoms with Crippen molar-refractivity contribution >= 4 is 46.4 Å². The fourth-order valence-corrected chi connectivity index (χ4v) is 7.69. The summed E-state index contributed by atoms with van der Waals surface area (Å²) in [5.41, 5.74) is -0.297. The number of anilines is 2. The number of fused-ring (bicyclic) bond motifs is 4. The molecule has 3 aliphatic carbocycles. The Morgan fingerprint density at radius 2 is 1.13 bits per heavy atom. The monoisotopic (exact) mass is 756 g/mol. The van der Waals surface area contributed by atoms with E-state index in [1.165, 1.54) is 48.7 Å². The van der Waals surface area contributed by atoms with Gasteiger partial charge in [-0.1, -0.05) is 29.6 Å². The number of nitrogens with one attached hydrogen (secondary N) is 2. The van der Waals surface area contributed by atoms with Crippen LogP contribution >= 0.6 is 23.2 Å². The topological polar surface area (TPSA) is 129 Å². The zero-order chi connectivity index (χ0) is 36.3. The molecule has 9 rings (SSSR count). The molecule has 18 heteroatoms. The zero-order valence-electron chi connectivity index (χ0n) is 27.7. The van der Waals surface area contributed by atoms with Gasteiger partial charge >= 0.3 is 0 Å². The average molecular weight is 758 g/mol. The first-order valence-corrected chi connectivity index (χ1v) is 17.3. The second-order valence-electron chi connectivity index (χ2n) is 13.0. The average Bonchev–Trinajstić information content (AvgIpc) is 3.51. The molecule has 0 radical (unpaired) electrons. The van der Waals surface area contributed by atoms with E-state index in [4.69, 9.17) is 32.7 Å². The number of benzene rings is 2. The third-order valence-electron chi connectivity index (χ3n) is 9.75. The molecular formula is C34H30Cl2F4N10O2. The van der Waals surface area contributed by atoms with Crippen molar-refractivity contribution in [1.29, 1.82) is 0 Å². The highest BCUT2D eigenvalue weighted by atomic mass is 35.5. The molecule has 0 spiro atoms. The lowest BCUT2D eigenvalue weighted by Crippen LogP contribution is -2.27. The molecular weight excluding hydrogens is 727 g/mol. The van der Waals surface area contributed by atoms with Crippen LogP contribution in [0.1, 0.15) is 38.5 Å². The zero-order valence-corrected chi connectivity index (χ0v) is 29.2. The second-order valence-corrected chi connectivity index (χ2v) is 13.7. The highest BCUT2D eigenvalue weighted by Gasteiger charge is 2.40. The number of aromatic nitrogens is 8. The number of ether oxygens (including phenoxy) is 2. The summed E-state index contributed by atoms with van der Waals surface area (Å²) in [6.07, 6.45) is 9.17. The molecule has 12 nitrogen and oxygen atoms in total. The maximum absolute atomic E-state index is 14.9. The third kappa shape index (κ3) is 6.16. The van der Waals surface area contributed by atoms with Crippen molar-refractivity contribution in [2.24, 2.45) is 11.8 Å². The van der Waals surface area contributed by atoms with Crippen molar-refractivity contribution in [2.75, 3.05) is 24.9 Å². The van der Waals surface area contributed by atoms with E-state index in [1.54, 1.807) is 0 Å². The van der Waals surface area contributed by atoms with Crippen LogP contribution in [0.15, 0.2) is 36.9 Å². The van der Waals surface area contributed by atoms with Gasteiger partial charge in [0.2, 0.25) is 0 Å². The molecule has 3 saturated carbocycles. The maximum atomic E-state index is 14.9. The van der Waals surface area contributed by atoms with E-state index < -0.39 is 23.3 Å². The lowest BCUT2D eigenvalue weighted by Gasteiger charge is -2.26. The van der Waals surface area contributed by atoms with Crippen molar-refractivity contribution in [3.8, 4) is 33.8 Å². The number of hydrogen-bond donors (Lipinski definition) is 2. The smallest absolute Gasteiger partial charge is 0.255 e. The molecule has 6 aromatic rings. The molecule has 4 heterocycles. The van der Waals surface area contributed by atoms with E-state index >= 15 is 0 Å². The molecule has 2 bridgehead atoms. The van der Waals surface area contributed by atoms with Gasteiger partial charge in [-0.15, -0.1) is 0 Å². The van der Waals surface area contributed by atoms with Gasteiger partial charge in [0, 0.05) is 36.3 Å². The van der Waals surface area contributed by atoms with Crippen LogP contribution in [0.4, 0.5) is 29.2 Å². The predicted molar refractivity (Wildman–Crippen MR) is 185 cm³/mol. The second kappa shape index (κ2) is 13.5. The van der Waals surface area contributed by atoms with E-state index in [0.717, 1.165) is 49.9 Å². The Bertz CT molecular complexity index is 2290. The summed E-state index contributed by atoms with van der Waals surface area (Å²) < 4.78 is 71.5. The predicted octanol–water partition coefficient (Wildman–Crippen LogP) is 7.64. The van der Waals surface area contributed by atoms with Crippen LogP contribution < -0.4 is 20.1 Å². The Balaban J connectivity index is 0.000000151. The highest BCUT2D eigenvalue weighted by Crippen LogP contribution is 2.47. The minimum absolute atomic E-state index is 0.0332. The first-order valence-electron chi connectivity index (χ1n) is 16.5. The van der Waals surface area contributed by atoms with Crippen LogP contribution in [0.3, 0.4) is 0 Å². The molecule has 52 heavy (non-hydrogen) atoms. The Kier molecular flexibility index (Phi) is 8.89. The van der Waals surface area contributed by atoms with E-state index in [-0.39, 0.29) is 67.7 Å². The fourth-order valence-electron chi connectivity index (χ4n) is 7.17.